The molecule has 0 amide bonds. The minimum atomic E-state index is 0.0750. The Labute approximate surface area is 75.3 Å². The zero-order valence-corrected chi connectivity index (χ0v) is 7.60. The summed E-state index contributed by atoms with van der Waals surface area (Å²) in [4.78, 5) is 12.4. The van der Waals surface area contributed by atoms with Crippen LogP contribution < -0.4 is 0 Å². The van der Waals surface area contributed by atoms with E-state index < -0.39 is 0 Å². The van der Waals surface area contributed by atoms with Crippen LogP contribution in [0.1, 0.15) is 17.4 Å². The highest BCUT2D eigenvalue weighted by Crippen LogP contribution is 2.31. The van der Waals surface area contributed by atoms with E-state index in [4.69, 9.17) is 0 Å². The first-order chi connectivity index (χ1) is 5.83. The van der Waals surface area contributed by atoms with Gasteiger partial charge in [0.15, 0.2) is 0 Å². The van der Waals surface area contributed by atoms with Gasteiger partial charge in [-0.15, -0.1) is 11.8 Å². The molecular weight excluding hydrogens is 170 g/mol. The molecular formula is C9H9NOS. The molecule has 0 aliphatic carbocycles. The highest BCUT2D eigenvalue weighted by atomic mass is 32.2. The van der Waals surface area contributed by atoms with Crippen LogP contribution in [0.3, 0.4) is 0 Å². The largest absolute Gasteiger partial charge is 0.283 e. The average molecular weight is 179 g/mol. The van der Waals surface area contributed by atoms with E-state index in [9.17, 15) is 4.79 Å². The fourth-order valence-corrected chi connectivity index (χ4v) is 2.11. The van der Waals surface area contributed by atoms with Gasteiger partial charge in [0.05, 0.1) is 5.69 Å². The van der Waals surface area contributed by atoms with Crippen molar-refractivity contribution in [1.82, 2.24) is 4.57 Å². The molecule has 12 heavy (non-hydrogen) atoms. The van der Waals surface area contributed by atoms with E-state index in [0.717, 1.165) is 16.4 Å². The number of thioether (sulfide) groups is 1. The third kappa shape index (κ3) is 1.01. The number of carbonyl (C=O) groups excluding carboxylic acids is 1. The lowest BCUT2D eigenvalue weighted by Gasteiger charge is -1.97. The maximum absolute atomic E-state index is 11.3. The normalized spacial score (nSPS) is 14.8. The first kappa shape index (κ1) is 7.68. The molecule has 0 atom stereocenters. The predicted octanol–water partition coefficient (Wildman–Crippen LogP) is 2.24. The summed E-state index contributed by atoms with van der Waals surface area (Å²) in [6, 6.07) is 3.87. The number of aromatic nitrogens is 1. The van der Waals surface area contributed by atoms with Crippen molar-refractivity contribution < 1.29 is 4.79 Å². The molecule has 2 nitrogen and oxygen atoms in total. The molecule has 0 spiro atoms. The average Bonchev–Trinajstić information content (AvgIpc) is 2.58. The third-order valence-electron chi connectivity index (χ3n) is 1.79. The van der Waals surface area contributed by atoms with Crippen molar-refractivity contribution in [1.29, 1.82) is 0 Å². The molecule has 0 fully saturated rings. The van der Waals surface area contributed by atoms with Gasteiger partial charge in [0.25, 0.3) is 5.91 Å². The Morgan fingerprint density at radius 3 is 3.17 bits per heavy atom. The molecule has 1 aromatic heterocycles. The van der Waals surface area contributed by atoms with Gasteiger partial charge < -0.3 is 0 Å². The summed E-state index contributed by atoms with van der Waals surface area (Å²) in [7, 11) is 0. The molecule has 1 aliphatic heterocycles. The molecule has 0 bridgehead atoms. The maximum atomic E-state index is 11.3. The Balaban J connectivity index is 2.41. The van der Waals surface area contributed by atoms with Gasteiger partial charge in [0.1, 0.15) is 0 Å². The molecule has 1 aromatic rings. The molecule has 62 valence electrons. The van der Waals surface area contributed by atoms with Crippen LogP contribution in [0, 0.1) is 0 Å². The number of fused-ring (bicyclic) bond motifs is 1. The van der Waals surface area contributed by atoms with E-state index >= 15 is 0 Å². The van der Waals surface area contributed by atoms with Crippen LogP contribution in [0.25, 0.3) is 4.91 Å². The second-order valence-corrected chi connectivity index (χ2v) is 3.85. The van der Waals surface area contributed by atoms with Gasteiger partial charge in [-0.2, -0.15) is 0 Å². The van der Waals surface area contributed by atoms with Gasteiger partial charge in [-0.25, -0.2) is 0 Å². The van der Waals surface area contributed by atoms with Crippen LogP contribution in [0.15, 0.2) is 24.4 Å². The molecule has 2 heterocycles. The zero-order valence-electron chi connectivity index (χ0n) is 6.78. The maximum Gasteiger partial charge on any atom is 0.256 e. The highest BCUT2D eigenvalue weighted by molar-refractivity contribution is 8.08. The number of allylic oxidation sites excluding steroid dienone is 1. The highest BCUT2D eigenvalue weighted by Gasteiger charge is 2.18. The second-order valence-electron chi connectivity index (χ2n) is 2.54. The van der Waals surface area contributed by atoms with Crippen molar-refractivity contribution >= 4 is 22.6 Å². The minimum Gasteiger partial charge on any atom is -0.283 e. The van der Waals surface area contributed by atoms with Crippen LogP contribution in [0.5, 0.6) is 0 Å². The van der Waals surface area contributed by atoms with Gasteiger partial charge in [-0.1, -0.05) is 6.92 Å². The summed E-state index contributed by atoms with van der Waals surface area (Å²) >= 11 is 1.71. The first-order valence-corrected chi connectivity index (χ1v) is 4.88. The Bertz CT molecular complexity index is 351. The van der Waals surface area contributed by atoms with Crippen LogP contribution in [-0.2, 0) is 0 Å². The molecule has 0 saturated heterocycles. The standard InChI is InChI=1S/C9H9NOS/c1-2-12-8-6-9(11)10-5-3-4-7(8)10/h3-6H,2H2,1H3. The van der Waals surface area contributed by atoms with Gasteiger partial charge in [-0.3, -0.25) is 9.36 Å². The van der Waals surface area contributed by atoms with E-state index in [0.29, 0.717) is 0 Å². The van der Waals surface area contributed by atoms with Crippen LogP contribution >= 0.6 is 11.8 Å². The number of carbonyl (C=O) groups is 1. The minimum absolute atomic E-state index is 0.0750. The Morgan fingerprint density at radius 1 is 1.58 bits per heavy atom. The van der Waals surface area contributed by atoms with E-state index in [2.05, 4.69) is 6.92 Å². The molecule has 0 N–H and O–H groups in total. The predicted molar refractivity (Wildman–Crippen MR) is 51.2 cm³/mol. The monoisotopic (exact) mass is 179 g/mol. The zero-order chi connectivity index (χ0) is 8.55. The van der Waals surface area contributed by atoms with Crippen molar-refractivity contribution in [3.8, 4) is 0 Å². The van der Waals surface area contributed by atoms with E-state index in [1.165, 1.54) is 0 Å². The van der Waals surface area contributed by atoms with Gasteiger partial charge in [-0.05, 0) is 17.9 Å². The molecule has 0 radical (unpaired) electrons. The molecule has 0 unspecified atom stereocenters. The number of nitrogens with zero attached hydrogens (tertiary/aromatic N) is 1. The van der Waals surface area contributed by atoms with Gasteiger partial charge >= 0.3 is 0 Å². The summed E-state index contributed by atoms with van der Waals surface area (Å²) in [6.45, 7) is 2.08. The Kier molecular flexibility index (Phi) is 1.81. The summed E-state index contributed by atoms with van der Waals surface area (Å²) in [5, 5.41) is 0. The Morgan fingerprint density at radius 2 is 2.42 bits per heavy atom. The fraction of sp³-hybridized carbons (Fsp3) is 0.222. The summed E-state index contributed by atoms with van der Waals surface area (Å²) in [5.74, 6) is 1.08. The van der Waals surface area contributed by atoms with E-state index in [1.54, 1.807) is 28.6 Å². The van der Waals surface area contributed by atoms with Crippen molar-refractivity contribution in [3.05, 3.63) is 30.1 Å². The van der Waals surface area contributed by atoms with Crippen LogP contribution in [0.2, 0.25) is 0 Å². The number of rotatable bonds is 2. The Hall–Kier alpha value is -0.960. The smallest absolute Gasteiger partial charge is 0.256 e. The van der Waals surface area contributed by atoms with Crippen molar-refractivity contribution in [3.63, 3.8) is 0 Å². The summed E-state index contributed by atoms with van der Waals surface area (Å²) in [6.07, 6.45) is 3.50. The van der Waals surface area contributed by atoms with E-state index in [-0.39, 0.29) is 5.91 Å². The van der Waals surface area contributed by atoms with Crippen molar-refractivity contribution in [2.45, 2.75) is 6.92 Å². The second kappa shape index (κ2) is 2.83. The van der Waals surface area contributed by atoms with Crippen LogP contribution in [-0.4, -0.2) is 16.2 Å². The number of hydrogen-bond acceptors (Lipinski definition) is 2. The lowest BCUT2D eigenvalue weighted by atomic mass is 10.4. The topological polar surface area (TPSA) is 22.0 Å². The SMILES string of the molecule is CCSC1=CC(=O)n2cccc21. The van der Waals surface area contributed by atoms with Crippen LogP contribution in [0.4, 0.5) is 0 Å². The van der Waals surface area contributed by atoms with E-state index in [1.807, 2.05) is 12.1 Å². The van der Waals surface area contributed by atoms with Gasteiger partial charge in [0.2, 0.25) is 0 Å². The first-order valence-electron chi connectivity index (χ1n) is 3.89. The molecule has 2 rings (SSSR count). The summed E-state index contributed by atoms with van der Waals surface area (Å²) in [5.41, 5.74) is 1.03. The number of hydrogen-bond donors (Lipinski definition) is 0. The molecule has 0 saturated carbocycles. The van der Waals surface area contributed by atoms with Gasteiger partial charge in [0, 0.05) is 17.2 Å². The fourth-order valence-electron chi connectivity index (χ4n) is 1.30. The molecule has 0 aromatic carbocycles. The lowest BCUT2D eigenvalue weighted by Crippen LogP contribution is -2.00. The van der Waals surface area contributed by atoms with Crippen molar-refractivity contribution in [2.75, 3.05) is 5.75 Å². The molecule has 1 aliphatic rings. The lowest BCUT2D eigenvalue weighted by molar-refractivity contribution is 0.0974. The molecule has 3 heteroatoms. The summed E-state index contributed by atoms with van der Waals surface area (Å²) < 4.78 is 1.68. The third-order valence-corrected chi connectivity index (χ3v) is 2.72. The van der Waals surface area contributed by atoms with Crippen molar-refractivity contribution in [2.24, 2.45) is 0 Å². The quantitative estimate of drug-likeness (QED) is 0.694.